The Bertz CT molecular complexity index is 3580. The van der Waals surface area contributed by atoms with Gasteiger partial charge in [-0.3, -0.25) is 0 Å². The molecule has 0 saturated heterocycles. The Labute approximate surface area is 373 Å². The fraction of sp³-hybridized carbons (Fsp3) is 0.0645. The number of benzene rings is 10. The van der Waals surface area contributed by atoms with Crippen LogP contribution >= 0.6 is 7.14 Å². The molecule has 0 atom stereocenters. The zero-order chi connectivity index (χ0) is 42.5. The van der Waals surface area contributed by atoms with Crippen molar-refractivity contribution in [2.24, 2.45) is 0 Å². The average Bonchev–Trinajstić information content (AvgIpc) is 4.01. The smallest absolute Gasteiger partial charge is 0.171 e. The lowest BCUT2D eigenvalue weighted by molar-refractivity contribution is 0.592. The molecule has 2 spiro atoms. The van der Waals surface area contributed by atoms with E-state index in [1.54, 1.807) is 0 Å². The third-order valence-corrected chi connectivity index (χ3v) is 18.2. The van der Waals surface area contributed by atoms with Gasteiger partial charge in [0.15, 0.2) is 7.14 Å². The van der Waals surface area contributed by atoms with Crippen molar-refractivity contribution in [3.8, 4) is 44.5 Å². The van der Waals surface area contributed by atoms with Crippen LogP contribution in [0.15, 0.2) is 212 Å². The molecule has 0 bridgehead atoms. The molecule has 10 aromatic carbocycles. The Morgan fingerprint density at radius 2 is 0.734 bits per heavy atom. The van der Waals surface area contributed by atoms with Crippen molar-refractivity contribution in [2.45, 2.75) is 24.7 Å². The quantitative estimate of drug-likeness (QED) is 0.161. The van der Waals surface area contributed by atoms with E-state index in [0.717, 1.165) is 15.9 Å². The molecule has 0 heterocycles. The highest BCUT2D eigenvalue weighted by atomic mass is 31.2. The van der Waals surface area contributed by atoms with Crippen molar-refractivity contribution in [1.29, 1.82) is 0 Å². The van der Waals surface area contributed by atoms with Crippen LogP contribution in [-0.2, 0) is 15.4 Å². The lowest BCUT2D eigenvalue weighted by Gasteiger charge is -2.37. The van der Waals surface area contributed by atoms with Crippen LogP contribution in [0.4, 0.5) is 0 Å². The normalized spacial score (nSPS) is 14.7. The van der Waals surface area contributed by atoms with E-state index in [4.69, 9.17) is 0 Å². The minimum Gasteiger partial charge on any atom is -0.309 e. The first kappa shape index (κ1) is 36.2. The molecule has 4 aliphatic rings. The van der Waals surface area contributed by atoms with E-state index >= 15 is 4.57 Å². The second kappa shape index (κ2) is 12.7. The Morgan fingerprint density at radius 1 is 0.312 bits per heavy atom. The summed E-state index contributed by atoms with van der Waals surface area (Å²) in [4.78, 5) is 0. The monoisotopic (exact) mass is 832 g/mol. The second-order valence-electron chi connectivity index (χ2n) is 18.4. The maximum Gasteiger partial charge on any atom is 0.171 e. The molecule has 4 aliphatic carbocycles. The molecule has 0 fully saturated rings. The molecule has 64 heavy (non-hydrogen) atoms. The van der Waals surface area contributed by atoms with Gasteiger partial charge in [0.25, 0.3) is 0 Å². The van der Waals surface area contributed by atoms with E-state index in [-0.39, 0.29) is 0 Å². The van der Waals surface area contributed by atoms with Gasteiger partial charge < -0.3 is 4.57 Å². The molecule has 300 valence electrons. The van der Waals surface area contributed by atoms with Gasteiger partial charge in [0.1, 0.15) is 0 Å². The van der Waals surface area contributed by atoms with E-state index in [9.17, 15) is 0 Å². The Balaban J connectivity index is 1.12. The standard InChI is InChI=1S/C62H41OP/c1-38-31-55-59-57(33-38)62(58-34-39(2)32-56(60(58)59)61(55)51-23-13-11-21-47(51)48-22-12-14-24-52(48)61)53-36-43(42-26-25-40-15-9-10-16-41(40)35-42)27-29-49(53)50-30-28-46(37-54(50)62)64(63,44-17-5-3-6-18-44)45-19-7-4-8-20-45/h3-37H,1-2H3. The molecular weight excluding hydrogens is 792 g/mol. The Morgan fingerprint density at radius 3 is 1.31 bits per heavy atom. The van der Waals surface area contributed by atoms with E-state index in [0.29, 0.717) is 0 Å². The maximum absolute atomic E-state index is 16.3. The van der Waals surface area contributed by atoms with Crippen LogP contribution in [0, 0.1) is 13.8 Å². The largest absolute Gasteiger partial charge is 0.309 e. The predicted octanol–water partition coefficient (Wildman–Crippen LogP) is 13.8. The van der Waals surface area contributed by atoms with Crippen LogP contribution in [0.2, 0.25) is 0 Å². The first-order valence-corrected chi connectivity index (χ1v) is 24.1. The lowest BCUT2D eigenvalue weighted by atomic mass is 9.64. The predicted molar refractivity (Wildman–Crippen MR) is 265 cm³/mol. The molecule has 10 aromatic rings. The van der Waals surface area contributed by atoms with Crippen LogP contribution in [-0.4, -0.2) is 0 Å². The summed E-state index contributed by atoms with van der Waals surface area (Å²) in [7, 11) is -3.32. The summed E-state index contributed by atoms with van der Waals surface area (Å²) in [5, 5.41) is 5.01. The van der Waals surface area contributed by atoms with E-state index in [1.807, 2.05) is 60.7 Å². The van der Waals surface area contributed by atoms with Crippen LogP contribution in [0.5, 0.6) is 0 Å². The van der Waals surface area contributed by atoms with Gasteiger partial charge in [0.2, 0.25) is 0 Å². The van der Waals surface area contributed by atoms with Crippen LogP contribution in [0.25, 0.3) is 55.3 Å². The number of hydrogen-bond donors (Lipinski definition) is 0. The van der Waals surface area contributed by atoms with E-state index in [1.165, 1.54) is 111 Å². The number of rotatable bonds is 4. The topological polar surface area (TPSA) is 17.1 Å². The van der Waals surface area contributed by atoms with Crippen molar-refractivity contribution < 1.29 is 4.57 Å². The summed E-state index contributed by atoms with van der Waals surface area (Å²) >= 11 is 0. The van der Waals surface area contributed by atoms with Gasteiger partial charge in [-0.05, 0) is 132 Å². The highest BCUT2D eigenvalue weighted by molar-refractivity contribution is 7.85. The van der Waals surface area contributed by atoms with Crippen LogP contribution in [0.3, 0.4) is 0 Å². The number of hydrogen-bond acceptors (Lipinski definition) is 1. The minimum atomic E-state index is -3.32. The summed E-state index contributed by atoms with van der Waals surface area (Å²) in [5.41, 5.74) is 22.2. The van der Waals surface area contributed by atoms with Crippen molar-refractivity contribution in [3.05, 3.63) is 268 Å². The fourth-order valence-electron chi connectivity index (χ4n) is 12.8. The van der Waals surface area contributed by atoms with E-state index < -0.39 is 18.0 Å². The first-order valence-electron chi connectivity index (χ1n) is 22.4. The van der Waals surface area contributed by atoms with Crippen molar-refractivity contribution in [2.75, 3.05) is 0 Å². The lowest BCUT2D eigenvalue weighted by Crippen LogP contribution is -2.32. The van der Waals surface area contributed by atoms with Gasteiger partial charge in [-0.1, -0.05) is 205 Å². The molecule has 0 aromatic heterocycles. The molecular formula is C62H41OP. The molecule has 0 unspecified atom stereocenters. The van der Waals surface area contributed by atoms with Gasteiger partial charge in [0, 0.05) is 15.9 Å². The summed E-state index contributed by atoms with van der Waals surface area (Å²) in [6.07, 6.45) is 0. The SMILES string of the molecule is Cc1cc2c3c(c1)C1(c4cc(-c5ccc6ccccc6c5)ccc4-c4ccc(P(=O)(c5ccccc5)c5ccccc5)cc41)c1cc(C)cc(c1-3)C21c2ccccc2-c2ccccc21. The summed E-state index contributed by atoms with van der Waals surface area (Å²) in [6, 6.07) is 77.9. The third-order valence-electron chi connectivity index (χ3n) is 15.2. The molecule has 0 N–H and O–H groups in total. The minimum absolute atomic E-state index is 0.448. The second-order valence-corrected chi connectivity index (χ2v) is 21.2. The van der Waals surface area contributed by atoms with Gasteiger partial charge >= 0.3 is 0 Å². The molecule has 14 rings (SSSR count). The van der Waals surface area contributed by atoms with Crippen molar-refractivity contribution in [3.63, 3.8) is 0 Å². The molecule has 0 radical (unpaired) electrons. The van der Waals surface area contributed by atoms with Crippen molar-refractivity contribution in [1.82, 2.24) is 0 Å². The molecule has 2 heteroatoms. The van der Waals surface area contributed by atoms with Gasteiger partial charge in [-0.2, -0.15) is 0 Å². The summed E-state index contributed by atoms with van der Waals surface area (Å²) in [6.45, 7) is 4.57. The number of aryl methyl sites for hydroxylation is 2. The maximum atomic E-state index is 16.3. The van der Waals surface area contributed by atoms with E-state index in [2.05, 4.69) is 166 Å². The Hall–Kier alpha value is -7.31. The average molecular weight is 833 g/mol. The number of fused-ring (bicyclic) bond motifs is 15. The molecule has 0 saturated carbocycles. The first-order chi connectivity index (χ1) is 31.4. The third kappa shape index (κ3) is 4.34. The summed E-state index contributed by atoms with van der Waals surface area (Å²) in [5.74, 6) is 0. The fourth-order valence-corrected chi connectivity index (χ4v) is 15.4. The Kier molecular flexibility index (Phi) is 7.16. The van der Waals surface area contributed by atoms with Gasteiger partial charge in [-0.25, -0.2) is 0 Å². The molecule has 0 amide bonds. The van der Waals surface area contributed by atoms with Crippen LogP contribution in [0.1, 0.15) is 55.6 Å². The highest BCUT2D eigenvalue weighted by Crippen LogP contribution is 2.72. The van der Waals surface area contributed by atoms with Gasteiger partial charge in [0.05, 0.1) is 10.8 Å². The van der Waals surface area contributed by atoms with Gasteiger partial charge in [-0.15, -0.1) is 0 Å². The molecule has 0 aliphatic heterocycles. The van der Waals surface area contributed by atoms with Crippen molar-refractivity contribution >= 4 is 33.8 Å². The zero-order valence-corrected chi connectivity index (χ0v) is 36.5. The zero-order valence-electron chi connectivity index (χ0n) is 35.6. The summed E-state index contributed by atoms with van der Waals surface area (Å²) < 4.78 is 16.3. The highest BCUT2D eigenvalue weighted by Gasteiger charge is 2.61. The van der Waals surface area contributed by atoms with Crippen LogP contribution < -0.4 is 15.9 Å². The molecule has 1 nitrogen and oxygen atoms in total.